The van der Waals surface area contributed by atoms with E-state index in [0.717, 1.165) is 0 Å². The van der Waals surface area contributed by atoms with E-state index in [2.05, 4.69) is 5.10 Å². The Hall–Kier alpha value is -2.70. The number of nitrogens with zero attached hydrogens (tertiary/aromatic N) is 2. The molecule has 0 amide bonds. The lowest BCUT2D eigenvalue weighted by Crippen LogP contribution is -2.03. The summed E-state index contributed by atoms with van der Waals surface area (Å²) in [5.41, 5.74) is 7.52. The molecule has 3 N–H and O–H groups in total. The third-order valence-electron chi connectivity index (χ3n) is 3.47. The number of rotatable bonds is 4. The topological polar surface area (TPSA) is 81.1 Å². The fraction of sp³-hybridized carbons (Fsp3) is 0.0588. The predicted octanol–water partition coefficient (Wildman–Crippen LogP) is 3.49. The number of nitrogens with two attached hydrogens (primary N) is 1. The van der Waals surface area contributed by atoms with Gasteiger partial charge in [-0.25, -0.2) is 13.9 Å². The molecule has 0 spiro atoms. The van der Waals surface area contributed by atoms with Crippen molar-refractivity contribution in [2.75, 3.05) is 0 Å². The van der Waals surface area contributed by atoms with Gasteiger partial charge in [-0.1, -0.05) is 17.7 Å². The fourth-order valence-electron chi connectivity index (χ4n) is 2.41. The van der Waals surface area contributed by atoms with Crippen LogP contribution >= 0.6 is 11.6 Å². The summed E-state index contributed by atoms with van der Waals surface area (Å²) in [5.74, 6) is -1.63. The number of aromatic carboxylic acids is 1. The van der Waals surface area contributed by atoms with Crippen molar-refractivity contribution >= 4 is 17.6 Å². The Bertz CT molecular complexity index is 924. The zero-order chi connectivity index (χ0) is 17.3. The zero-order valence-electron chi connectivity index (χ0n) is 12.4. The van der Waals surface area contributed by atoms with Gasteiger partial charge in [0.25, 0.3) is 0 Å². The highest BCUT2D eigenvalue weighted by atomic mass is 35.5. The smallest absolute Gasteiger partial charge is 0.356 e. The van der Waals surface area contributed by atoms with Crippen LogP contribution in [0.25, 0.3) is 16.9 Å². The second-order valence-electron chi connectivity index (χ2n) is 5.16. The van der Waals surface area contributed by atoms with Gasteiger partial charge in [0.15, 0.2) is 5.69 Å². The molecule has 0 aliphatic rings. The van der Waals surface area contributed by atoms with Crippen molar-refractivity contribution < 1.29 is 14.3 Å². The Labute approximate surface area is 142 Å². The minimum absolute atomic E-state index is 0.150. The number of carboxylic acids is 1. The van der Waals surface area contributed by atoms with Gasteiger partial charge in [0.2, 0.25) is 0 Å². The number of benzene rings is 2. The lowest BCUT2D eigenvalue weighted by atomic mass is 10.1. The molecule has 0 saturated carbocycles. The highest BCUT2D eigenvalue weighted by molar-refractivity contribution is 6.30. The molecule has 0 fully saturated rings. The maximum Gasteiger partial charge on any atom is 0.356 e. The van der Waals surface area contributed by atoms with Gasteiger partial charge in [-0.3, -0.25) is 0 Å². The van der Waals surface area contributed by atoms with E-state index < -0.39 is 11.8 Å². The van der Waals surface area contributed by atoms with Gasteiger partial charge in [0.1, 0.15) is 5.82 Å². The fourth-order valence-corrected chi connectivity index (χ4v) is 2.60. The molecule has 0 aliphatic carbocycles. The van der Waals surface area contributed by atoms with Crippen LogP contribution in [-0.4, -0.2) is 20.9 Å². The van der Waals surface area contributed by atoms with Crippen LogP contribution in [0.2, 0.25) is 5.02 Å². The van der Waals surface area contributed by atoms with Crippen molar-refractivity contribution in [2.24, 2.45) is 5.73 Å². The highest BCUT2D eigenvalue weighted by Gasteiger charge is 2.17. The van der Waals surface area contributed by atoms with Crippen molar-refractivity contribution in [2.45, 2.75) is 6.54 Å². The van der Waals surface area contributed by atoms with Gasteiger partial charge >= 0.3 is 5.97 Å². The maximum absolute atomic E-state index is 13.8. The summed E-state index contributed by atoms with van der Waals surface area (Å²) in [7, 11) is 0. The predicted molar refractivity (Wildman–Crippen MR) is 88.8 cm³/mol. The second-order valence-corrected chi connectivity index (χ2v) is 5.60. The molecule has 24 heavy (non-hydrogen) atoms. The van der Waals surface area contributed by atoms with Crippen LogP contribution in [0.3, 0.4) is 0 Å². The molecule has 122 valence electrons. The molecular formula is C17H13ClFN3O2. The number of halogens is 2. The Morgan fingerprint density at radius 2 is 2.04 bits per heavy atom. The van der Waals surface area contributed by atoms with Crippen LogP contribution in [-0.2, 0) is 6.54 Å². The molecule has 2 aromatic carbocycles. The number of hydrogen-bond donors (Lipinski definition) is 2. The minimum atomic E-state index is -1.17. The first-order valence-corrected chi connectivity index (χ1v) is 7.45. The number of carbonyl (C=O) groups is 1. The molecule has 3 aromatic rings. The maximum atomic E-state index is 13.8. The average Bonchev–Trinajstić information content (AvgIpc) is 3.00. The van der Waals surface area contributed by atoms with Gasteiger partial charge in [0, 0.05) is 17.1 Å². The molecule has 0 unspecified atom stereocenters. The summed E-state index contributed by atoms with van der Waals surface area (Å²) >= 11 is 6.00. The van der Waals surface area contributed by atoms with Gasteiger partial charge in [-0.05, 0) is 48.0 Å². The molecule has 0 bridgehead atoms. The Balaban J connectivity index is 2.23. The van der Waals surface area contributed by atoms with E-state index in [1.54, 1.807) is 30.3 Å². The summed E-state index contributed by atoms with van der Waals surface area (Å²) < 4.78 is 15.3. The van der Waals surface area contributed by atoms with E-state index in [4.69, 9.17) is 17.3 Å². The van der Waals surface area contributed by atoms with Crippen molar-refractivity contribution in [1.29, 1.82) is 0 Å². The van der Waals surface area contributed by atoms with Gasteiger partial charge in [0.05, 0.1) is 11.4 Å². The lowest BCUT2D eigenvalue weighted by molar-refractivity contribution is 0.0690. The minimum Gasteiger partial charge on any atom is -0.476 e. The first kappa shape index (κ1) is 16.2. The highest BCUT2D eigenvalue weighted by Crippen LogP contribution is 2.27. The molecular weight excluding hydrogens is 333 g/mol. The van der Waals surface area contributed by atoms with Crippen molar-refractivity contribution in [3.8, 4) is 16.9 Å². The van der Waals surface area contributed by atoms with Crippen LogP contribution in [0, 0.1) is 5.82 Å². The summed E-state index contributed by atoms with van der Waals surface area (Å²) in [6.07, 6.45) is 0. The van der Waals surface area contributed by atoms with Crippen LogP contribution in [0.4, 0.5) is 4.39 Å². The van der Waals surface area contributed by atoms with E-state index >= 15 is 0 Å². The Morgan fingerprint density at radius 3 is 2.71 bits per heavy atom. The number of hydrogen-bond acceptors (Lipinski definition) is 3. The summed E-state index contributed by atoms with van der Waals surface area (Å²) in [5, 5.41) is 13.8. The first-order valence-electron chi connectivity index (χ1n) is 7.07. The van der Waals surface area contributed by atoms with Crippen molar-refractivity contribution in [3.05, 3.63) is 70.6 Å². The van der Waals surface area contributed by atoms with Crippen molar-refractivity contribution in [3.63, 3.8) is 0 Å². The zero-order valence-corrected chi connectivity index (χ0v) is 13.2. The normalized spacial score (nSPS) is 10.8. The molecule has 0 radical (unpaired) electrons. The van der Waals surface area contributed by atoms with Gasteiger partial charge < -0.3 is 10.8 Å². The molecule has 1 heterocycles. The third kappa shape index (κ3) is 3.15. The number of aromatic nitrogens is 2. The van der Waals surface area contributed by atoms with E-state index in [1.165, 1.54) is 22.9 Å². The number of carboxylic acid groups (broad SMARTS) is 1. The Morgan fingerprint density at radius 1 is 1.25 bits per heavy atom. The van der Waals surface area contributed by atoms with E-state index in [9.17, 15) is 14.3 Å². The average molecular weight is 346 g/mol. The van der Waals surface area contributed by atoms with Crippen LogP contribution in [0.5, 0.6) is 0 Å². The van der Waals surface area contributed by atoms with E-state index in [0.29, 0.717) is 27.5 Å². The van der Waals surface area contributed by atoms with Gasteiger partial charge in [-0.15, -0.1) is 0 Å². The molecule has 5 nitrogen and oxygen atoms in total. The van der Waals surface area contributed by atoms with E-state index in [-0.39, 0.29) is 12.2 Å². The van der Waals surface area contributed by atoms with Crippen LogP contribution in [0.15, 0.2) is 48.5 Å². The van der Waals surface area contributed by atoms with Crippen LogP contribution < -0.4 is 5.73 Å². The molecule has 0 saturated heterocycles. The molecule has 7 heteroatoms. The Kier molecular flexibility index (Phi) is 4.33. The quantitative estimate of drug-likeness (QED) is 0.758. The summed E-state index contributed by atoms with van der Waals surface area (Å²) in [6.45, 7) is 0.169. The largest absolute Gasteiger partial charge is 0.476 e. The second kappa shape index (κ2) is 6.43. The SMILES string of the molecule is NCc1cc(F)cc(-c2cc(C(=O)O)nn2-c2cccc(Cl)c2)c1. The monoisotopic (exact) mass is 345 g/mol. The standard InChI is InChI=1S/C17H13ClFN3O2/c18-12-2-1-3-14(7-12)22-16(8-15(21-22)17(23)24)11-4-10(9-20)5-13(19)6-11/h1-8H,9,20H2,(H,23,24). The molecule has 0 atom stereocenters. The molecule has 1 aromatic heterocycles. The summed E-state index contributed by atoms with van der Waals surface area (Å²) in [6, 6.07) is 12.5. The van der Waals surface area contributed by atoms with Gasteiger partial charge in [-0.2, -0.15) is 5.10 Å². The lowest BCUT2D eigenvalue weighted by Gasteiger charge is -2.09. The molecule has 0 aliphatic heterocycles. The third-order valence-corrected chi connectivity index (χ3v) is 3.71. The van der Waals surface area contributed by atoms with Crippen LogP contribution in [0.1, 0.15) is 16.1 Å². The molecule has 3 rings (SSSR count). The first-order chi connectivity index (χ1) is 11.5. The summed E-state index contributed by atoms with van der Waals surface area (Å²) in [4.78, 5) is 11.3. The van der Waals surface area contributed by atoms with Crippen molar-refractivity contribution in [1.82, 2.24) is 9.78 Å². The van der Waals surface area contributed by atoms with E-state index in [1.807, 2.05) is 0 Å².